The molecular weight excluding hydrogens is 508 g/mol. The summed E-state index contributed by atoms with van der Waals surface area (Å²) in [6.45, 7) is 4.29. The van der Waals surface area contributed by atoms with E-state index in [9.17, 15) is 21.8 Å². The molecular formula is C26H30F4N4O2S. The van der Waals surface area contributed by atoms with Gasteiger partial charge in [0, 0.05) is 66.2 Å². The maximum absolute atomic E-state index is 14.4. The summed E-state index contributed by atoms with van der Waals surface area (Å²) in [4.78, 5) is 10.1. The lowest BCUT2D eigenvalue weighted by Crippen LogP contribution is -2.46. The summed E-state index contributed by atoms with van der Waals surface area (Å²) in [5.74, 6) is 3.71. The monoisotopic (exact) mass is 538 g/mol. The van der Waals surface area contributed by atoms with Gasteiger partial charge in [-0.3, -0.25) is 9.19 Å². The lowest BCUT2D eigenvalue weighted by atomic mass is 9.79. The van der Waals surface area contributed by atoms with Crippen LogP contribution in [0.15, 0.2) is 30.6 Å². The van der Waals surface area contributed by atoms with Gasteiger partial charge in [-0.1, -0.05) is 6.08 Å². The molecule has 1 saturated heterocycles. The number of rotatable bonds is 4. The molecule has 6 nitrogen and oxygen atoms in total. The zero-order chi connectivity index (χ0) is 26.6. The number of halogens is 4. The molecule has 3 aliphatic heterocycles. The molecule has 5 rings (SSSR count). The predicted molar refractivity (Wildman–Crippen MR) is 136 cm³/mol. The Morgan fingerprint density at radius 3 is 2.49 bits per heavy atom. The van der Waals surface area contributed by atoms with E-state index >= 15 is 0 Å². The Hall–Kier alpha value is -2.66. The molecule has 2 aromatic heterocycles. The molecule has 1 unspecified atom stereocenters. The molecule has 0 saturated carbocycles. The fourth-order valence-electron chi connectivity index (χ4n) is 5.54. The van der Waals surface area contributed by atoms with Gasteiger partial charge < -0.3 is 9.64 Å². The highest BCUT2D eigenvalue weighted by molar-refractivity contribution is 7.97. The Morgan fingerprint density at radius 2 is 1.89 bits per heavy atom. The van der Waals surface area contributed by atoms with E-state index < -0.39 is 32.9 Å². The summed E-state index contributed by atoms with van der Waals surface area (Å²) in [5, 5.41) is 0. The highest BCUT2D eigenvalue weighted by atomic mass is 32.2. The number of hydrogen-bond donors (Lipinski definition) is 0. The minimum Gasteiger partial charge on any atom is -0.485 e. The van der Waals surface area contributed by atoms with Gasteiger partial charge in [0.15, 0.2) is 11.6 Å². The Kier molecular flexibility index (Phi) is 6.50. The van der Waals surface area contributed by atoms with Gasteiger partial charge in [0.1, 0.15) is 11.4 Å². The minimum absolute atomic E-state index is 0.0434. The molecule has 1 fully saturated rings. The summed E-state index contributed by atoms with van der Waals surface area (Å²) in [5.41, 5.74) is 1.58. The van der Waals surface area contributed by atoms with Crippen molar-refractivity contribution in [3.05, 3.63) is 53.2 Å². The second-order valence-corrected chi connectivity index (χ2v) is 12.8. The van der Waals surface area contributed by atoms with E-state index in [0.29, 0.717) is 51.3 Å². The zero-order valence-corrected chi connectivity index (χ0v) is 21.7. The van der Waals surface area contributed by atoms with Crippen LogP contribution < -0.4 is 9.64 Å². The van der Waals surface area contributed by atoms with E-state index in [1.54, 1.807) is 17.4 Å². The molecule has 2 atom stereocenters. The average molecular weight is 539 g/mol. The molecule has 5 heterocycles. The van der Waals surface area contributed by atoms with Crippen molar-refractivity contribution in [3.8, 4) is 5.75 Å². The van der Waals surface area contributed by atoms with Crippen molar-refractivity contribution in [1.29, 1.82) is 0 Å². The third-order valence-corrected chi connectivity index (χ3v) is 9.11. The fourth-order valence-corrected chi connectivity index (χ4v) is 6.40. The molecule has 11 heteroatoms. The van der Waals surface area contributed by atoms with Crippen molar-refractivity contribution in [3.63, 3.8) is 0 Å². The predicted octanol–water partition coefficient (Wildman–Crippen LogP) is 4.60. The number of pyridine rings is 2. The maximum Gasteiger partial charge on any atom is 0.417 e. The summed E-state index contributed by atoms with van der Waals surface area (Å²) in [6.07, 6.45) is 4.41. The molecule has 37 heavy (non-hydrogen) atoms. The molecule has 2 aromatic rings. The largest absolute Gasteiger partial charge is 0.485 e. The zero-order valence-electron chi connectivity index (χ0n) is 20.9. The van der Waals surface area contributed by atoms with Gasteiger partial charge in [-0.15, -0.1) is 0 Å². The quantitative estimate of drug-likeness (QED) is 0.421. The van der Waals surface area contributed by atoms with Gasteiger partial charge in [0.05, 0.1) is 17.5 Å². The number of ether oxygens (including phenoxy) is 1. The lowest BCUT2D eigenvalue weighted by molar-refractivity contribution is -0.138. The highest BCUT2D eigenvalue weighted by Gasteiger charge is 2.44. The van der Waals surface area contributed by atoms with Crippen LogP contribution in [0.5, 0.6) is 5.75 Å². The van der Waals surface area contributed by atoms with Crippen LogP contribution in [0, 0.1) is 11.7 Å². The van der Waals surface area contributed by atoms with Crippen molar-refractivity contribution < 1.29 is 26.5 Å². The van der Waals surface area contributed by atoms with E-state index in [1.165, 1.54) is 0 Å². The Bertz CT molecular complexity index is 1340. The molecule has 200 valence electrons. The van der Waals surface area contributed by atoms with E-state index in [4.69, 9.17) is 4.74 Å². The van der Waals surface area contributed by atoms with Gasteiger partial charge in [-0.2, -0.15) is 13.2 Å². The number of piperidine rings is 1. The van der Waals surface area contributed by atoms with Gasteiger partial charge >= 0.3 is 6.18 Å². The van der Waals surface area contributed by atoms with Crippen molar-refractivity contribution in [1.82, 2.24) is 14.3 Å². The number of aromatic nitrogens is 2. The number of hydrogen-bond acceptors (Lipinski definition) is 5. The standard InChI is InChI=1S/C26H30F4N4O2S/c1-25(19-6-8-33(9-7-19)24-21(27)13-20(15-32-24)26(28,29)30)14-18-12-22(31-16-23(18)36-25)17-4-10-34(11-5-17)37(2,3)35/h4,12-13,15-16,19H,2,5-11,14H2,1,3H3/t25-,37?/m0/s1. The molecule has 0 amide bonds. The lowest BCUT2D eigenvalue weighted by Gasteiger charge is -2.40. The number of nitrogens with zero attached hydrogens (tertiary/aromatic N) is 4. The van der Waals surface area contributed by atoms with E-state index in [-0.39, 0.29) is 11.7 Å². The number of alkyl halides is 3. The van der Waals surface area contributed by atoms with Crippen LogP contribution in [0.3, 0.4) is 0 Å². The SMILES string of the molecule is C=S(C)(=O)N1CC=C(c2cc3c(cn2)O[C@](C)(C2CCN(c4ncc(C(F)(F)F)cc4F)CC2)C3)CC1. The summed E-state index contributed by atoms with van der Waals surface area (Å²) in [7, 11) is -2.23. The smallest absolute Gasteiger partial charge is 0.417 e. The Morgan fingerprint density at radius 1 is 1.16 bits per heavy atom. The first-order valence-corrected chi connectivity index (χ1v) is 14.3. The summed E-state index contributed by atoms with van der Waals surface area (Å²) < 4.78 is 73.5. The van der Waals surface area contributed by atoms with Crippen LogP contribution in [-0.4, -0.2) is 62.4 Å². The van der Waals surface area contributed by atoms with E-state index in [0.717, 1.165) is 35.4 Å². The molecule has 0 aliphatic carbocycles. The summed E-state index contributed by atoms with van der Waals surface area (Å²) >= 11 is 0. The normalized spacial score (nSPS) is 24.8. The van der Waals surface area contributed by atoms with Crippen LogP contribution >= 0.6 is 0 Å². The maximum atomic E-state index is 14.4. The average Bonchev–Trinajstić information content (AvgIpc) is 3.19. The van der Waals surface area contributed by atoms with E-state index in [1.807, 2.05) is 4.31 Å². The van der Waals surface area contributed by atoms with Gasteiger partial charge in [-0.25, -0.2) is 13.7 Å². The molecule has 0 bridgehead atoms. The Balaban J connectivity index is 1.24. The topological polar surface area (TPSA) is 58.6 Å². The third-order valence-electron chi connectivity index (χ3n) is 7.69. The van der Waals surface area contributed by atoms with E-state index in [2.05, 4.69) is 34.9 Å². The molecule has 0 spiro atoms. The number of fused-ring (bicyclic) bond motifs is 1. The van der Waals surface area contributed by atoms with Crippen molar-refractivity contribution in [2.75, 3.05) is 37.3 Å². The minimum atomic E-state index is -4.63. The molecule has 0 radical (unpaired) electrons. The van der Waals surface area contributed by atoms with Gasteiger partial charge in [0.2, 0.25) is 0 Å². The van der Waals surface area contributed by atoms with Crippen LogP contribution in [0.1, 0.15) is 43.0 Å². The first-order chi connectivity index (χ1) is 17.3. The number of anilines is 1. The van der Waals surface area contributed by atoms with Crippen LogP contribution in [0.25, 0.3) is 5.57 Å². The first kappa shape index (κ1) is 26.0. The summed E-state index contributed by atoms with van der Waals surface area (Å²) in [6, 6.07) is 2.59. The second kappa shape index (κ2) is 9.27. The third kappa shape index (κ3) is 5.20. The molecule has 3 aliphatic rings. The highest BCUT2D eigenvalue weighted by Crippen LogP contribution is 2.43. The van der Waals surface area contributed by atoms with Crippen molar-refractivity contribution in [2.24, 2.45) is 5.92 Å². The second-order valence-electron chi connectivity index (χ2n) is 10.4. The van der Waals surface area contributed by atoms with Gasteiger partial charge in [0.25, 0.3) is 0 Å². The first-order valence-electron chi connectivity index (χ1n) is 12.3. The van der Waals surface area contributed by atoms with Crippen molar-refractivity contribution >= 4 is 27.0 Å². The molecule has 0 N–H and O–H groups in total. The van der Waals surface area contributed by atoms with Crippen LogP contribution in [-0.2, 0) is 22.3 Å². The van der Waals surface area contributed by atoms with Crippen LogP contribution in [0.4, 0.5) is 23.4 Å². The van der Waals surface area contributed by atoms with Gasteiger partial charge in [-0.05, 0) is 49.8 Å². The van der Waals surface area contributed by atoms with Crippen molar-refractivity contribution in [2.45, 2.75) is 44.4 Å². The van der Waals surface area contributed by atoms with Crippen LogP contribution in [0.2, 0.25) is 0 Å². The molecule has 0 aromatic carbocycles. The fraction of sp³-hybridized carbons (Fsp3) is 0.500. The Labute approximate surface area is 214 Å².